The third-order valence-electron chi connectivity index (χ3n) is 3.49. The Kier molecular flexibility index (Phi) is 3.52. The first-order valence-corrected chi connectivity index (χ1v) is 7.83. The molecule has 0 aromatic rings. The Morgan fingerprint density at radius 3 is 2.56 bits per heavy atom. The highest BCUT2D eigenvalue weighted by molar-refractivity contribution is 7.91. The SMILES string of the molecule is CS(=O)(=O)C1CN(C(=O)O)CC2(CCNCC2)O1. The molecule has 0 saturated carbocycles. The second-order valence-corrected chi connectivity index (χ2v) is 7.16. The molecule has 2 aliphatic rings. The van der Waals surface area contributed by atoms with Gasteiger partial charge < -0.3 is 20.1 Å². The molecule has 1 amide bonds. The number of sulfone groups is 1. The monoisotopic (exact) mass is 278 g/mol. The summed E-state index contributed by atoms with van der Waals surface area (Å²) < 4.78 is 29.0. The van der Waals surface area contributed by atoms with Gasteiger partial charge in [-0.1, -0.05) is 0 Å². The summed E-state index contributed by atoms with van der Waals surface area (Å²) in [5.74, 6) is 0. The Hall–Kier alpha value is -0.860. The fraction of sp³-hybridized carbons (Fsp3) is 0.900. The fourth-order valence-electron chi connectivity index (χ4n) is 2.47. The van der Waals surface area contributed by atoms with E-state index in [1.54, 1.807) is 0 Å². The summed E-state index contributed by atoms with van der Waals surface area (Å²) in [7, 11) is -3.42. The van der Waals surface area contributed by atoms with E-state index in [1.165, 1.54) is 0 Å². The molecule has 104 valence electrons. The van der Waals surface area contributed by atoms with Crippen molar-refractivity contribution in [3.63, 3.8) is 0 Å². The molecule has 2 rings (SSSR count). The first kappa shape index (κ1) is 13.6. The van der Waals surface area contributed by atoms with Gasteiger partial charge in [-0.3, -0.25) is 0 Å². The minimum atomic E-state index is -3.42. The van der Waals surface area contributed by atoms with Gasteiger partial charge in [0.2, 0.25) is 0 Å². The number of ether oxygens (including phenoxy) is 1. The quantitative estimate of drug-likeness (QED) is 0.670. The average Bonchev–Trinajstić information content (AvgIpc) is 2.28. The van der Waals surface area contributed by atoms with Crippen LogP contribution in [0.5, 0.6) is 0 Å². The van der Waals surface area contributed by atoms with Crippen LogP contribution < -0.4 is 5.32 Å². The van der Waals surface area contributed by atoms with Crippen LogP contribution in [0, 0.1) is 0 Å². The van der Waals surface area contributed by atoms with E-state index in [4.69, 9.17) is 9.84 Å². The Morgan fingerprint density at radius 1 is 1.44 bits per heavy atom. The van der Waals surface area contributed by atoms with E-state index < -0.39 is 27.0 Å². The van der Waals surface area contributed by atoms with Gasteiger partial charge in [-0.25, -0.2) is 13.2 Å². The molecule has 0 aliphatic carbocycles. The van der Waals surface area contributed by atoms with Gasteiger partial charge in [-0.05, 0) is 25.9 Å². The maximum atomic E-state index is 11.6. The van der Waals surface area contributed by atoms with Crippen molar-refractivity contribution in [1.29, 1.82) is 0 Å². The number of nitrogens with zero attached hydrogens (tertiary/aromatic N) is 1. The Balaban J connectivity index is 2.23. The minimum absolute atomic E-state index is 0.108. The maximum Gasteiger partial charge on any atom is 0.407 e. The molecule has 2 N–H and O–H groups in total. The number of nitrogens with one attached hydrogen (secondary N) is 1. The molecular formula is C10H18N2O5S. The number of rotatable bonds is 1. The van der Waals surface area contributed by atoms with Crippen LogP contribution >= 0.6 is 0 Å². The molecule has 1 spiro atoms. The number of hydrogen-bond acceptors (Lipinski definition) is 5. The molecule has 0 bridgehead atoms. The van der Waals surface area contributed by atoms with Gasteiger partial charge in [-0.15, -0.1) is 0 Å². The van der Waals surface area contributed by atoms with Crippen LogP contribution in [0.3, 0.4) is 0 Å². The van der Waals surface area contributed by atoms with Crippen molar-refractivity contribution in [2.45, 2.75) is 23.9 Å². The topological polar surface area (TPSA) is 95.9 Å². The maximum absolute atomic E-state index is 11.6. The third-order valence-corrected chi connectivity index (χ3v) is 4.69. The normalized spacial score (nSPS) is 28.3. The van der Waals surface area contributed by atoms with Gasteiger partial charge in [0.25, 0.3) is 0 Å². The predicted molar refractivity (Wildman–Crippen MR) is 64.1 cm³/mol. The van der Waals surface area contributed by atoms with Crippen LogP contribution in [-0.4, -0.2) is 68.0 Å². The van der Waals surface area contributed by atoms with E-state index in [-0.39, 0.29) is 13.1 Å². The molecule has 8 heteroatoms. The lowest BCUT2D eigenvalue weighted by Gasteiger charge is -2.46. The molecular weight excluding hydrogens is 260 g/mol. The number of piperidine rings is 1. The summed E-state index contributed by atoms with van der Waals surface area (Å²) in [5.41, 5.74) is -1.71. The summed E-state index contributed by atoms with van der Waals surface area (Å²) in [6, 6.07) is 0. The van der Waals surface area contributed by atoms with Crippen LogP contribution in [0.1, 0.15) is 12.8 Å². The molecule has 2 heterocycles. The lowest BCUT2D eigenvalue weighted by Crippen LogP contribution is -2.61. The van der Waals surface area contributed by atoms with Crippen molar-refractivity contribution in [2.24, 2.45) is 0 Å². The molecule has 0 aromatic carbocycles. The summed E-state index contributed by atoms with van der Waals surface area (Å²) >= 11 is 0. The van der Waals surface area contributed by atoms with Gasteiger partial charge in [0.15, 0.2) is 15.3 Å². The first-order valence-electron chi connectivity index (χ1n) is 5.88. The zero-order valence-electron chi connectivity index (χ0n) is 10.3. The third kappa shape index (κ3) is 2.76. The lowest BCUT2D eigenvalue weighted by molar-refractivity contribution is -0.132. The lowest BCUT2D eigenvalue weighted by atomic mass is 9.90. The van der Waals surface area contributed by atoms with E-state index >= 15 is 0 Å². The highest BCUT2D eigenvalue weighted by Crippen LogP contribution is 2.31. The van der Waals surface area contributed by atoms with E-state index in [2.05, 4.69) is 5.32 Å². The second-order valence-electron chi connectivity index (χ2n) is 4.97. The highest BCUT2D eigenvalue weighted by atomic mass is 32.2. The van der Waals surface area contributed by atoms with Crippen molar-refractivity contribution >= 4 is 15.9 Å². The largest absolute Gasteiger partial charge is 0.465 e. The van der Waals surface area contributed by atoms with Crippen LogP contribution in [0.25, 0.3) is 0 Å². The van der Waals surface area contributed by atoms with Crippen LogP contribution in [0.2, 0.25) is 0 Å². The molecule has 2 fully saturated rings. The predicted octanol–water partition coefficient (Wildman–Crippen LogP) is -0.510. The minimum Gasteiger partial charge on any atom is -0.465 e. The zero-order chi connectivity index (χ0) is 13.4. The van der Waals surface area contributed by atoms with Gasteiger partial charge in [0.05, 0.1) is 18.7 Å². The number of hydrogen-bond donors (Lipinski definition) is 2. The molecule has 1 atom stereocenters. The molecule has 1 unspecified atom stereocenters. The van der Waals surface area contributed by atoms with Crippen molar-refractivity contribution in [3.05, 3.63) is 0 Å². The molecule has 7 nitrogen and oxygen atoms in total. The van der Waals surface area contributed by atoms with Gasteiger partial charge >= 0.3 is 6.09 Å². The standard InChI is InChI=1S/C10H18N2O5S/c1-18(15,16)8-6-12(9(13)14)7-10(17-8)2-4-11-5-3-10/h8,11H,2-7H2,1H3,(H,13,14). The first-order chi connectivity index (χ1) is 8.32. The average molecular weight is 278 g/mol. The summed E-state index contributed by atoms with van der Waals surface area (Å²) in [6.45, 7) is 1.56. The number of carbonyl (C=O) groups is 1. The molecule has 18 heavy (non-hydrogen) atoms. The van der Waals surface area contributed by atoms with Crippen LogP contribution in [0.4, 0.5) is 4.79 Å². The summed E-state index contributed by atoms with van der Waals surface area (Å²) in [4.78, 5) is 12.3. The van der Waals surface area contributed by atoms with Crippen molar-refractivity contribution < 1.29 is 23.1 Å². The molecule has 0 radical (unpaired) electrons. The highest BCUT2D eigenvalue weighted by Gasteiger charge is 2.45. The van der Waals surface area contributed by atoms with E-state index in [1.807, 2.05) is 0 Å². The van der Waals surface area contributed by atoms with Crippen molar-refractivity contribution in [2.75, 3.05) is 32.4 Å². The smallest absolute Gasteiger partial charge is 0.407 e. The van der Waals surface area contributed by atoms with E-state index in [0.717, 1.165) is 11.2 Å². The summed E-state index contributed by atoms with van der Waals surface area (Å²) in [6.07, 6.45) is 1.24. The van der Waals surface area contributed by atoms with Crippen molar-refractivity contribution in [3.8, 4) is 0 Å². The number of morpholine rings is 1. The second kappa shape index (κ2) is 4.67. The Labute approximate surface area is 106 Å². The Bertz CT molecular complexity index is 430. The van der Waals surface area contributed by atoms with Crippen molar-refractivity contribution in [1.82, 2.24) is 10.2 Å². The van der Waals surface area contributed by atoms with E-state index in [0.29, 0.717) is 25.9 Å². The van der Waals surface area contributed by atoms with Gasteiger partial charge in [0.1, 0.15) is 0 Å². The fourth-order valence-corrected chi connectivity index (χ4v) is 3.30. The van der Waals surface area contributed by atoms with Crippen LogP contribution in [-0.2, 0) is 14.6 Å². The Morgan fingerprint density at radius 2 is 2.06 bits per heavy atom. The number of amides is 1. The van der Waals surface area contributed by atoms with Crippen LogP contribution in [0.15, 0.2) is 0 Å². The molecule has 2 aliphatic heterocycles. The zero-order valence-corrected chi connectivity index (χ0v) is 11.1. The van der Waals surface area contributed by atoms with E-state index in [9.17, 15) is 13.2 Å². The van der Waals surface area contributed by atoms with Gasteiger partial charge in [0, 0.05) is 6.26 Å². The van der Waals surface area contributed by atoms with Gasteiger partial charge in [-0.2, -0.15) is 0 Å². The molecule has 2 saturated heterocycles. The molecule has 0 aromatic heterocycles. The number of carboxylic acid groups (broad SMARTS) is 1. The summed E-state index contributed by atoms with van der Waals surface area (Å²) in [5, 5.41) is 12.3.